The number of rotatable bonds is 2. The standard InChI is InChI=1S/C6H10F2O.C5H11FN2.C2H6/c1-2-5-3-9-4-6(5,7)8;1-2-5-3-7-4-8(5)6;1-2/h5H,2-4H2,1H3;5,7H,2-4H2,1H3;1-2H3. The molecule has 2 heterocycles. The first-order valence-corrected chi connectivity index (χ1v) is 7.10. The second kappa shape index (κ2) is 9.55. The highest BCUT2D eigenvalue weighted by molar-refractivity contribution is 4.80. The molecule has 0 saturated carbocycles. The van der Waals surface area contributed by atoms with Crippen LogP contribution in [0.3, 0.4) is 0 Å². The third-order valence-electron chi connectivity index (χ3n) is 3.21. The summed E-state index contributed by atoms with van der Waals surface area (Å²) in [6.07, 6.45) is 1.40. The lowest BCUT2D eigenvalue weighted by Crippen LogP contribution is -2.25. The van der Waals surface area contributed by atoms with E-state index in [9.17, 15) is 13.3 Å². The molecule has 3 nitrogen and oxygen atoms in total. The van der Waals surface area contributed by atoms with E-state index in [1.807, 2.05) is 20.8 Å². The summed E-state index contributed by atoms with van der Waals surface area (Å²) >= 11 is 0. The van der Waals surface area contributed by atoms with Crippen molar-refractivity contribution in [3.05, 3.63) is 0 Å². The molecule has 0 aliphatic carbocycles. The van der Waals surface area contributed by atoms with E-state index in [0.29, 0.717) is 13.1 Å². The molecule has 2 atom stereocenters. The fourth-order valence-corrected chi connectivity index (χ4v) is 1.90. The topological polar surface area (TPSA) is 24.5 Å². The van der Waals surface area contributed by atoms with Gasteiger partial charge in [-0.15, -0.1) is 9.60 Å². The van der Waals surface area contributed by atoms with E-state index >= 15 is 0 Å². The Labute approximate surface area is 114 Å². The minimum atomic E-state index is -2.56. The van der Waals surface area contributed by atoms with Crippen LogP contribution in [0.25, 0.3) is 0 Å². The summed E-state index contributed by atoms with van der Waals surface area (Å²) in [6.45, 7) is 8.79. The summed E-state index contributed by atoms with van der Waals surface area (Å²) in [5.74, 6) is -3.10. The first-order chi connectivity index (χ1) is 9.01. The van der Waals surface area contributed by atoms with Crippen LogP contribution in [0.4, 0.5) is 13.3 Å². The Kier molecular flexibility index (Phi) is 9.39. The summed E-state index contributed by atoms with van der Waals surface area (Å²) in [5.41, 5.74) is 0. The van der Waals surface area contributed by atoms with Gasteiger partial charge in [0.15, 0.2) is 0 Å². The van der Waals surface area contributed by atoms with Gasteiger partial charge < -0.3 is 10.1 Å². The maximum atomic E-state index is 12.5. The zero-order valence-electron chi connectivity index (χ0n) is 12.4. The van der Waals surface area contributed by atoms with Gasteiger partial charge in [0.1, 0.15) is 6.61 Å². The number of hydrogen-bond acceptors (Lipinski definition) is 3. The Balaban J connectivity index is 0.000000303. The molecule has 19 heavy (non-hydrogen) atoms. The number of ether oxygens (including phenoxy) is 1. The van der Waals surface area contributed by atoms with Crippen LogP contribution in [0.1, 0.15) is 40.5 Å². The second-order valence-electron chi connectivity index (χ2n) is 4.46. The van der Waals surface area contributed by atoms with Crippen LogP contribution >= 0.6 is 0 Å². The molecule has 0 radical (unpaired) electrons. The monoisotopic (exact) mass is 284 g/mol. The van der Waals surface area contributed by atoms with Gasteiger partial charge in [-0.2, -0.15) is 0 Å². The van der Waals surface area contributed by atoms with E-state index in [-0.39, 0.29) is 19.3 Å². The van der Waals surface area contributed by atoms with E-state index in [1.165, 1.54) is 0 Å². The van der Waals surface area contributed by atoms with Crippen LogP contribution in [0.2, 0.25) is 0 Å². The lowest BCUT2D eigenvalue weighted by molar-refractivity contribution is -0.0373. The minimum absolute atomic E-state index is 0.120. The van der Waals surface area contributed by atoms with Crippen LogP contribution < -0.4 is 5.32 Å². The molecule has 0 spiro atoms. The Hall–Kier alpha value is -0.330. The predicted octanol–water partition coefficient (Wildman–Crippen LogP) is 3.22. The summed E-state index contributed by atoms with van der Waals surface area (Å²) < 4.78 is 41.9. The zero-order chi connectivity index (χ0) is 14.9. The third-order valence-corrected chi connectivity index (χ3v) is 3.21. The van der Waals surface area contributed by atoms with Crippen LogP contribution in [0.15, 0.2) is 0 Å². The second-order valence-corrected chi connectivity index (χ2v) is 4.46. The lowest BCUT2D eigenvalue weighted by atomic mass is 10.0. The summed E-state index contributed by atoms with van der Waals surface area (Å²) in [6, 6.07) is 0.120. The van der Waals surface area contributed by atoms with Gasteiger partial charge in [-0.05, 0) is 12.8 Å². The summed E-state index contributed by atoms with van der Waals surface area (Å²) in [7, 11) is 0. The van der Waals surface area contributed by atoms with Crippen molar-refractivity contribution in [3.63, 3.8) is 0 Å². The van der Waals surface area contributed by atoms with Crippen LogP contribution in [-0.4, -0.2) is 43.5 Å². The zero-order valence-corrected chi connectivity index (χ0v) is 12.4. The Bertz CT molecular complexity index is 230. The molecule has 2 saturated heterocycles. The van der Waals surface area contributed by atoms with Crippen LogP contribution in [-0.2, 0) is 4.74 Å². The molecule has 0 aromatic rings. The summed E-state index contributed by atoms with van der Waals surface area (Å²) in [4.78, 5) is 0. The molecule has 2 aliphatic rings. The fourth-order valence-electron chi connectivity index (χ4n) is 1.90. The summed E-state index contributed by atoms with van der Waals surface area (Å²) in [5, 5.41) is 3.77. The van der Waals surface area contributed by atoms with E-state index in [2.05, 4.69) is 10.1 Å². The van der Waals surface area contributed by atoms with Crippen molar-refractivity contribution in [3.8, 4) is 0 Å². The molecule has 6 heteroatoms. The Morgan fingerprint density at radius 3 is 2.11 bits per heavy atom. The van der Waals surface area contributed by atoms with Crippen LogP contribution in [0.5, 0.6) is 0 Å². The molecular formula is C13H27F3N2O. The van der Waals surface area contributed by atoms with E-state index in [1.54, 1.807) is 6.92 Å². The average molecular weight is 284 g/mol. The van der Waals surface area contributed by atoms with E-state index in [0.717, 1.165) is 18.1 Å². The number of hydrogen-bond donors (Lipinski definition) is 1. The highest BCUT2D eigenvalue weighted by Gasteiger charge is 2.43. The molecule has 2 unspecified atom stereocenters. The van der Waals surface area contributed by atoms with Crippen molar-refractivity contribution in [1.82, 2.24) is 10.4 Å². The van der Waals surface area contributed by atoms with E-state index in [4.69, 9.17) is 0 Å². The van der Waals surface area contributed by atoms with Crippen molar-refractivity contribution in [1.29, 1.82) is 0 Å². The maximum absolute atomic E-state index is 12.5. The molecule has 0 aromatic carbocycles. The minimum Gasteiger partial charge on any atom is -0.375 e. The maximum Gasteiger partial charge on any atom is 0.275 e. The van der Waals surface area contributed by atoms with Crippen LogP contribution in [0, 0.1) is 5.92 Å². The van der Waals surface area contributed by atoms with Gasteiger partial charge in [0.2, 0.25) is 0 Å². The number of halogens is 3. The fraction of sp³-hybridized carbons (Fsp3) is 1.00. The van der Waals surface area contributed by atoms with Gasteiger partial charge in [0.25, 0.3) is 5.92 Å². The molecule has 0 bridgehead atoms. The molecule has 0 aromatic heterocycles. The largest absolute Gasteiger partial charge is 0.375 e. The van der Waals surface area contributed by atoms with Crippen molar-refractivity contribution >= 4 is 0 Å². The molecular weight excluding hydrogens is 257 g/mol. The van der Waals surface area contributed by atoms with Gasteiger partial charge in [-0.25, -0.2) is 8.78 Å². The normalized spacial score (nSPS) is 29.2. The number of nitrogens with zero attached hydrogens (tertiary/aromatic N) is 1. The SMILES string of the molecule is CC.CCC1CNCN1F.CCC1COCC1(F)F. The van der Waals surface area contributed by atoms with Crippen molar-refractivity contribution in [2.24, 2.45) is 5.92 Å². The highest BCUT2D eigenvalue weighted by atomic mass is 19.3. The molecule has 2 fully saturated rings. The van der Waals surface area contributed by atoms with E-state index < -0.39 is 11.8 Å². The lowest BCUT2D eigenvalue weighted by Gasteiger charge is -2.13. The quantitative estimate of drug-likeness (QED) is 0.788. The number of nitrogens with one attached hydrogen (secondary N) is 1. The highest BCUT2D eigenvalue weighted by Crippen LogP contribution is 2.32. The van der Waals surface area contributed by atoms with Gasteiger partial charge in [0.05, 0.1) is 19.3 Å². The van der Waals surface area contributed by atoms with Gasteiger partial charge in [-0.3, -0.25) is 0 Å². The van der Waals surface area contributed by atoms with Gasteiger partial charge in [0, 0.05) is 12.5 Å². The molecule has 1 N–H and O–H groups in total. The van der Waals surface area contributed by atoms with Crippen molar-refractivity contribution in [2.75, 3.05) is 26.4 Å². The van der Waals surface area contributed by atoms with Crippen molar-refractivity contribution < 1.29 is 18.0 Å². The Morgan fingerprint density at radius 1 is 1.26 bits per heavy atom. The molecule has 116 valence electrons. The van der Waals surface area contributed by atoms with Gasteiger partial charge in [-0.1, -0.05) is 27.7 Å². The average Bonchev–Trinajstić information content (AvgIpc) is 2.97. The first-order valence-electron chi connectivity index (χ1n) is 7.10. The van der Waals surface area contributed by atoms with Gasteiger partial charge >= 0.3 is 0 Å². The smallest absolute Gasteiger partial charge is 0.275 e. The van der Waals surface area contributed by atoms with Crippen molar-refractivity contribution in [2.45, 2.75) is 52.5 Å². The Morgan fingerprint density at radius 2 is 1.89 bits per heavy atom. The third kappa shape index (κ3) is 6.10. The first kappa shape index (κ1) is 18.7. The predicted molar refractivity (Wildman–Crippen MR) is 70.8 cm³/mol. The molecule has 0 amide bonds. The molecule has 2 rings (SSSR count). The number of alkyl halides is 2. The molecule has 2 aliphatic heterocycles.